The summed E-state index contributed by atoms with van der Waals surface area (Å²) >= 11 is 7.88. The molecule has 6 heteroatoms. The second-order valence-corrected chi connectivity index (χ2v) is 8.85. The predicted molar refractivity (Wildman–Crippen MR) is 119 cm³/mol. The molecule has 2 aliphatic rings. The molecule has 0 spiro atoms. The standard InChI is InChI=1S/C23H22ClN3OS/c24-21-6-2-4-18(12-21)17-3-1-5-20(11-17)23(19-7-8-19)26-22(25)27(15-28-23)13-16-9-10-29-14-16/h1-6,9-12,14,19H,7-8,13,15H2,(H2,25,26). The molecule has 0 amide bonds. The van der Waals surface area contributed by atoms with Gasteiger partial charge < -0.3 is 15.4 Å². The van der Waals surface area contributed by atoms with E-state index in [1.165, 1.54) is 5.56 Å². The van der Waals surface area contributed by atoms with Crippen LogP contribution in [0.2, 0.25) is 5.02 Å². The van der Waals surface area contributed by atoms with Gasteiger partial charge >= 0.3 is 0 Å². The molecule has 2 N–H and O–H groups in total. The van der Waals surface area contributed by atoms with Crippen LogP contribution in [0.5, 0.6) is 0 Å². The summed E-state index contributed by atoms with van der Waals surface area (Å²) in [6, 6.07) is 18.4. The van der Waals surface area contributed by atoms with Gasteiger partial charge in [0.15, 0.2) is 11.7 Å². The van der Waals surface area contributed by atoms with E-state index in [-0.39, 0.29) is 0 Å². The number of guanidine groups is 1. The Labute approximate surface area is 179 Å². The van der Waals surface area contributed by atoms with E-state index in [4.69, 9.17) is 27.1 Å². The minimum Gasteiger partial charge on any atom is -0.370 e. The Morgan fingerprint density at radius 1 is 1.14 bits per heavy atom. The van der Waals surface area contributed by atoms with Crippen LogP contribution < -0.4 is 5.73 Å². The molecule has 1 aromatic heterocycles. The van der Waals surface area contributed by atoms with Crippen LogP contribution in [0.25, 0.3) is 11.1 Å². The average Bonchev–Trinajstić information content (AvgIpc) is 3.47. The molecule has 29 heavy (non-hydrogen) atoms. The summed E-state index contributed by atoms with van der Waals surface area (Å²) in [5, 5.41) is 4.93. The second kappa shape index (κ2) is 7.48. The third-order valence-electron chi connectivity index (χ3n) is 5.56. The molecule has 1 atom stereocenters. The molecule has 1 aliphatic heterocycles. The molecule has 2 aromatic carbocycles. The number of hydrogen-bond donors (Lipinski definition) is 1. The molecule has 1 fully saturated rings. The van der Waals surface area contributed by atoms with Crippen LogP contribution in [0.15, 0.2) is 70.3 Å². The fourth-order valence-corrected chi connectivity index (χ4v) is 4.75. The molecule has 1 aliphatic carbocycles. The van der Waals surface area contributed by atoms with Gasteiger partial charge in [0.2, 0.25) is 0 Å². The van der Waals surface area contributed by atoms with Crippen LogP contribution >= 0.6 is 22.9 Å². The Balaban J connectivity index is 1.50. The maximum atomic E-state index is 6.46. The summed E-state index contributed by atoms with van der Waals surface area (Å²) in [6.45, 7) is 1.14. The van der Waals surface area contributed by atoms with Crippen LogP contribution in [-0.4, -0.2) is 17.6 Å². The second-order valence-electron chi connectivity index (χ2n) is 7.63. The number of nitrogens with zero attached hydrogens (tertiary/aromatic N) is 2. The SMILES string of the molecule is NC1=NC(c2cccc(-c3cccc(Cl)c3)c2)(C2CC2)OCN1Cc1ccsc1. The molecule has 1 saturated carbocycles. The number of aliphatic imine (C=N–C) groups is 1. The van der Waals surface area contributed by atoms with Gasteiger partial charge in [0.25, 0.3) is 0 Å². The van der Waals surface area contributed by atoms with Gasteiger partial charge in [0.05, 0.1) is 0 Å². The Hall–Kier alpha value is -2.34. The van der Waals surface area contributed by atoms with E-state index in [0.29, 0.717) is 25.2 Å². The first-order chi connectivity index (χ1) is 14.1. The Morgan fingerprint density at radius 2 is 1.93 bits per heavy atom. The molecular formula is C23H22ClN3OS. The highest BCUT2D eigenvalue weighted by Crippen LogP contribution is 2.51. The fraction of sp³-hybridized carbons (Fsp3) is 0.261. The summed E-state index contributed by atoms with van der Waals surface area (Å²) in [5.41, 5.74) is 10.2. The molecule has 5 rings (SSSR count). The lowest BCUT2D eigenvalue weighted by molar-refractivity contribution is -0.110. The van der Waals surface area contributed by atoms with Crippen molar-refractivity contribution in [2.24, 2.45) is 16.6 Å². The molecule has 2 heterocycles. The van der Waals surface area contributed by atoms with Gasteiger partial charge in [-0.25, -0.2) is 4.99 Å². The number of nitrogens with two attached hydrogens (primary N) is 1. The van der Waals surface area contributed by atoms with Crippen LogP contribution in [0.4, 0.5) is 0 Å². The van der Waals surface area contributed by atoms with Crippen molar-refractivity contribution in [3.05, 3.63) is 81.5 Å². The zero-order valence-electron chi connectivity index (χ0n) is 15.9. The van der Waals surface area contributed by atoms with Gasteiger partial charge in [-0.05, 0) is 64.6 Å². The summed E-state index contributed by atoms with van der Waals surface area (Å²) in [4.78, 5) is 6.93. The largest absolute Gasteiger partial charge is 0.370 e. The lowest BCUT2D eigenvalue weighted by Gasteiger charge is -2.39. The normalized spacial score (nSPS) is 21.8. The van der Waals surface area contributed by atoms with Crippen LogP contribution in [0.3, 0.4) is 0 Å². The number of rotatable bonds is 5. The number of ether oxygens (including phenoxy) is 1. The zero-order chi connectivity index (χ0) is 19.8. The third kappa shape index (κ3) is 3.66. The van der Waals surface area contributed by atoms with Crippen molar-refractivity contribution >= 4 is 28.9 Å². The molecule has 148 valence electrons. The highest BCUT2D eigenvalue weighted by atomic mass is 35.5. The van der Waals surface area contributed by atoms with Gasteiger partial charge in [-0.2, -0.15) is 11.3 Å². The molecule has 0 bridgehead atoms. The van der Waals surface area contributed by atoms with Gasteiger partial charge in [-0.15, -0.1) is 0 Å². The first-order valence-electron chi connectivity index (χ1n) is 9.76. The Bertz CT molecular complexity index is 1050. The van der Waals surface area contributed by atoms with E-state index in [1.807, 2.05) is 23.1 Å². The molecule has 0 radical (unpaired) electrons. The van der Waals surface area contributed by atoms with E-state index in [2.05, 4.69) is 47.2 Å². The number of benzene rings is 2. The van der Waals surface area contributed by atoms with E-state index in [1.54, 1.807) is 11.3 Å². The van der Waals surface area contributed by atoms with Crippen LogP contribution in [0, 0.1) is 5.92 Å². The van der Waals surface area contributed by atoms with Gasteiger partial charge in [0, 0.05) is 23.0 Å². The smallest absolute Gasteiger partial charge is 0.196 e. The van der Waals surface area contributed by atoms with Crippen molar-refractivity contribution in [1.82, 2.24) is 4.90 Å². The Kier molecular flexibility index (Phi) is 4.82. The molecule has 1 unspecified atom stereocenters. The first-order valence-corrected chi connectivity index (χ1v) is 11.1. The van der Waals surface area contributed by atoms with Crippen LogP contribution in [-0.2, 0) is 17.0 Å². The summed E-state index contributed by atoms with van der Waals surface area (Å²) in [5.74, 6) is 0.904. The molecule has 4 nitrogen and oxygen atoms in total. The lowest BCUT2D eigenvalue weighted by Crippen LogP contribution is -2.49. The summed E-state index contributed by atoms with van der Waals surface area (Å²) < 4.78 is 6.46. The molecular weight excluding hydrogens is 402 g/mol. The first kappa shape index (κ1) is 18.7. The summed E-state index contributed by atoms with van der Waals surface area (Å²) in [7, 11) is 0. The van der Waals surface area contributed by atoms with Crippen molar-refractivity contribution in [1.29, 1.82) is 0 Å². The maximum Gasteiger partial charge on any atom is 0.196 e. The fourth-order valence-electron chi connectivity index (χ4n) is 3.90. The predicted octanol–water partition coefficient (Wildman–Crippen LogP) is 5.44. The van der Waals surface area contributed by atoms with E-state index >= 15 is 0 Å². The van der Waals surface area contributed by atoms with Gasteiger partial charge in [-0.1, -0.05) is 41.9 Å². The minimum atomic E-state index is -0.705. The monoisotopic (exact) mass is 423 g/mol. The topological polar surface area (TPSA) is 50.9 Å². The van der Waals surface area contributed by atoms with Crippen molar-refractivity contribution in [2.45, 2.75) is 25.1 Å². The van der Waals surface area contributed by atoms with E-state index in [0.717, 1.165) is 34.6 Å². The quantitative estimate of drug-likeness (QED) is 0.594. The van der Waals surface area contributed by atoms with E-state index in [9.17, 15) is 0 Å². The van der Waals surface area contributed by atoms with Crippen molar-refractivity contribution in [2.75, 3.05) is 6.73 Å². The maximum absolute atomic E-state index is 6.46. The Morgan fingerprint density at radius 3 is 2.62 bits per heavy atom. The number of thiophene rings is 1. The van der Waals surface area contributed by atoms with E-state index < -0.39 is 5.72 Å². The lowest BCUT2D eigenvalue weighted by atomic mass is 9.94. The average molecular weight is 424 g/mol. The molecule has 0 saturated heterocycles. The number of hydrogen-bond acceptors (Lipinski definition) is 5. The summed E-state index contributed by atoms with van der Waals surface area (Å²) in [6.07, 6.45) is 2.20. The highest BCUT2D eigenvalue weighted by molar-refractivity contribution is 7.07. The minimum absolute atomic E-state index is 0.360. The van der Waals surface area contributed by atoms with Crippen molar-refractivity contribution in [3.63, 3.8) is 0 Å². The number of halogens is 1. The third-order valence-corrected chi connectivity index (χ3v) is 6.53. The van der Waals surface area contributed by atoms with Gasteiger partial charge in [-0.3, -0.25) is 0 Å². The van der Waals surface area contributed by atoms with Crippen LogP contribution in [0.1, 0.15) is 24.0 Å². The molecule has 3 aromatic rings. The highest BCUT2D eigenvalue weighted by Gasteiger charge is 2.50. The van der Waals surface area contributed by atoms with Crippen molar-refractivity contribution < 1.29 is 4.74 Å². The van der Waals surface area contributed by atoms with Gasteiger partial charge in [0.1, 0.15) is 6.73 Å². The zero-order valence-corrected chi connectivity index (χ0v) is 17.5. The van der Waals surface area contributed by atoms with Crippen molar-refractivity contribution in [3.8, 4) is 11.1 Å².